The van der Waals surface area contributed by atoms with Crippen molar-refractivity contribution in [3.8, 4) is 5.75 Å². The normalized spacial score (nSPS) is 18.4. The molecule has 6 nitrogen and oxygen atoms in total. The van der Waals surface area contributed by atoms with Gasteiger partial charge in [0.1, 0.15) is 0 Å². The smallest absolute Gasteiger partial charge is 0.295 e. The third-order valence-corrected chi connectivity index (χ3v) is 5.90. The summed E-state index contributed by atoms with van der Waals surface area (Å²) in [5.74, 6) is -2.78. The molecule has 0 aliphatic carbocycles. The largest absolute Gasteiger partial charge is 0.872 e. The van der Waals surface area contributed by atoms with Crippen LogP contribution in [0.3, 0.4) is 0 Å². The first-order valence-corrected chi connectivity index (χ1v) is 11.1. The van der Waals surface area contributed by atoms with Crippen LogP contribution in [0.25, 0.3) is 5.76 Å². The highest BCUT2D eigenvalue weighted by molar-refractivity contribution is 7.10. The molecule has 1 aliphatic rings. The quantitative estimate of drug-likeness (QED) is 0.378. The number of rotatable bonds is 8. The van der Waals surface area contributed by atoms with Crippen LogP contribution in [0.5, 0.6) is 5.75 Å². The van der Waals surface area contributed by atoms with Gasteiger partial charge in [0.2, 0.25) is 5.78 Å². The molecule has 1 aliphatic heterocycles. The molecule has 31 heavy (non-hydrogen) atoms. The number of benzene rings is 1. The molecule has 2 aromatic rings. The number of hydrogen-bond donors (Lipinski definition) is 1. The average Bonchev–Trinajstić information content (AvgIpc) is 3.31. The Morgan fingerprint density at radius 1 is 1.29 bits per heavy atom. The van der Waals surface area contributed by atoms with Crippen LogP contribution >= 0.6 is 11.3 Å². The van der Waals surface area contributed by atoms with E-state index in [0.717, 1.165) is 17.5 Å². The number of hydrogen-bond acceptors (Lipinski definition) is 5. The topological polar surface area (TPSA) is 74.1 Å². The molecule has 1 amide bonds. The van der Waals surface area contributed by atoms with E-state index in [1.807, 2.05) is 25.5 Å². The highest BCUT2D eigenvalue weighted by Crippen LogP contribution is 2.40. The monoisotopic (exact) mass is 446 g/mol. The molecule has 1 unspecified atom stereocenters. The highest BCUT2D eigenvalue weighted by Gasteiger charge is 2.44. The number of likely N-dealkylation sites (tertiary alicyclic amines) is 1. The zero-order chi connectivity index (χ0) is 22.7. The van der Waals surface area contributed by atoms with Gasteiger partial charge in [-0.2, -0.15) is 0 Å². The maximum atomic E-state index is 14.5. The van der Waals surface area contributed by atoms with E-state index in [0.29, 0.717) is 13.0 Å². The summed E-state index contributed by atoms with van der Waals surface area (Å²) < 4.78 is 19.9. The van der Waals surface area contributed by atoms with E-state index in [9.17, 15) is 19.1 Å². The predicted molar refractivity (Wildman–Crippen MR) is 115 cm³/mol. The number of nitrogens with one attached hydrogen (secondary N) is 1. The van der Waals surface area contributed by atoms with Crippen LogP contribution in [0.1, 0.15) is 36.8 Å². The van der Waals surface area contributed by atoms with Gasteiger partial charge in [-0.3, -0.25) is 9.59 Å². The number of halogens is 1. The summed E-state index contributed by atoms with van der Waals surface area (Å²) >= 11 is 1.38. The number of Topliss-reactive ketones (excluding diaryl/α,β-unsaturated/α-hetero) is 1. The molecule has 1 aromatic heterocycles. The summed E-state index contributed by atoms with van der Waals surface area (Å²) in [6, 6.07) is 6.74. The van der Waals surface area contributed by atoms with Crippen molar-refractivity contribution in [2.45, 2.75) is 32.4 Å². The van der Waals surface area contributed by atoms with E-state index in [1.54, 1.807) is 19.9 Å². The lowest BCUT2D eigenvalue weighted by Crippen LogP contribution is -3.05. The zero-order valence-corrected chi connectivity index (χ0v) is 18.9. The fourth-order valence-electron chi connectivity index (χ4n) is 3.59. The van der Waals surface area contributed by atoms with Gasteiger partial charge < -0.3 is 19.6 Å². The van der Waals surface area contributed by atoms with Gasteiger partial charge in [-0.05, 0) is 43.0 Å². The van der Waals surface area contributed by atoms with Gasteiger partial charge in [-0.25, -0.2) is 4.39 Å². The van der Waals surface area contributed by atoms with E-state index in [2.05, 4.69) is 0 Å². The SMILES string of the molecule is CC(C)Oc1ccc(C([O-])=C2C(=O)C(=O)N(CCC[NH+](C)C)C2c2cccs2)cc1F. The van der Waals surface area contributed by atoms with Gasteiger partial charge in [-0.15, -0.1) is 11.3 Å². The van der Waals surface area contributed by atoms with E-state index in [4.69, 9.17) is 4.74 Å². The number of ketones is 1. The number of thiophene rings is 1. The molecule has 1 saturated heterocycles. The summed E-state index contributed by atoms with van der Waals surface area (Å²) in [7, 11) is 4.02. The van der Waals surface area contributed by atoms with Crippen molar-refractivity contribution >= 4 is 28.8 Å². The third kappa shape index (κ3) is 4.97. The van der Waals surface area contributed by atoms with Gasteiger partial charge >= 0.3 is 0 Å². The van der Waals surface area contributed by atoms with Crippen molar-refractivity contribution in [1.29, 1.82) is 0 Å². The Kier molecular flexibility index (Phi) is 7.12. The van der Waals surface area contributed by atoms with Gasteiger partial charge in [-0.1, -0.05) is 17.9 Å². The Balaban J connectivity index is 2.02. The minimum absolute atomic E-state index is 0.0194. The molecular formula is C23H27FN2O4S. The minimum atomic E-state index is -0.816. The zero-order valence-electron chi connectivity index (χ0n) is 18.1. The average molecular weight is 447 g/mol. The van der Waals surface area contributed by atoms with E-state index in [-0.39, 0.29) is 23.0 Å². The van der Waals surface area contributed by atoms with Crippen molar-refractivity contribution < 1.29 is 28.7 Å². The second kappa shape index (κ2) is 9.62. The Labute approximate surface area is 185 Å². The number of carbonyl (C=O) groups is 2. The number of ether oxygens (including phenoxy) is 1. The third-order valence-electron chi connectivity index (χ3n) is 4.97. The molecule has 1 fully saturated rings. The van der Waals surface area contributed by atoms with Crippen molar-refractivity contribution in [2.24, 2.45) is 0 Å². The molecular weight excluding hydrogens is 419 g/mol. The number of carbonyl (C=O) groups excluding carboxylic acids is 2. The van der Waals surface area contributed by atoms with Gasteiger partial charge in [0.05, 0.1) is 32.8 Å². The minimum Gasteiger partial charge on any atom is -0.872 e. The molecule has 1 N–H and O–H groups in total. The first-order valence-electron chi connectivity index (χ1n) is 10.3. The van der Waals surface area contributed by atoms with Gasteiger partial charge in [0, 0.05) is 23.4 Å². The first-order chi connectivity index (χ1) is 14.7. The summed E-state index contributed by atoms with van der Waals surface area (Å²) in [5, 5.41) is 15.1. The van der Waals surface area contributed by atoms with Crippen LogP contribution in [0.2, 0.25) is 0 Å². The lowest BCUT2D eigenvalue weighted by molar-refractivity contribution is -0.858. The molecule has 0 spiro atoms. The van der Waals surface area contributed by atoms with Crippen molar-refractivity contribution in [3.63, 3.8) is 0 Å². The molecule has 1 aromatic carbocycles. The standard InChI is InChI=1S/C23H27FN2O4S/c1-14(2)30-17-9-8-15(13-16(17)24)21(27)19-20(18-7-5-12-31-18)26(23(29)22(19)28)11-6-10-25(3)4/h5,7-9,12-14,20,27H,6,10-11H2,1-4H3. The van der Waals surface area contributed by atoms with Crippen molar-refractivity contribution in [1.82, 2.24) is 4.90 Å². The van der Waals surface area contributed by atoms with Crippen LogP contribution in [0.4, 0.5) is 4.39 Å². The van der Waals surface area contributed by atoms with Crippen LogP contribution in [-0.4, -0.2) is 49.9 Å². The number of amides is 1. The molecule has 0 bridgehead atoms. The van der Waals surface area contributed by atoms with Crippen LogP contribution in [0, 0.1) is 5.82 Å². The maximum Gasteiger partial charge on any atom is 0.295 e. The highest BCUT2D eigenvalue weighted by atomic mass is 32.1. The summed E-state index contributed by atoms with van der Waals surface area (Å²) in [4.78, 5) is 29.1. The summed E-state index contributed by atoms with van der Waals surface area (Å²) in [6.45, 7) is 4.73. The second-order valence-corrected chi connectivity index (χ2v) is 9.09. The fraction of sp³-hybridized carbons (Fsp3) is 0.391. The molecule has 0 saturated carbocycles. The van der Waals surface area contributed by atoms with Crippen LogP contribution in [0.15, 0.2) is 41.3 Å². The van der Waals surface area contributed by atoms with Crippen molar-refractivity contribution in [2.75, 3.05) is 27.2 Å². The van der Waals surface area contributed by atoms with Gasteiger partial charge in [0.15, 0.2) is 11.6 Å². The summed E-state index contributed by atoms with van der Waals surface area (Å²) in [6.07, 6.45) is 0.473. The Morgan fingerprint density at radius 3 is 2.61 bits per heavy atom. The molecule has 2 heterocycles. The second-order valence-electron chi connectivity index (χ2n) is 8.11. The summed E-state index contributed by atoms with van der Waals surface area (Å²) in [5.41, 5.74) is -0.104. The lowest BCUT2D eigenvalue weighted by Gasteiger charge is -2.26. The molecule has 0 radical (unpaired) electrons. The number of quaternary nitrogens is 1. The first kappa shape index (κ1) is 23.0. The van der Waals surface area contributed by atoms with Gasteiger partial charge in [0.25, 0.3) is 5.91 Å². The van der Waals surface area contributed by atoms with Crippen molar-refractivity contribution in [3.05, 3.63) is 57.5 Å². The lowest BCUT2D eigenvalue weighted by atomic mass is 9.99. The molecule has 3 rings (SSSR count). The Bertz CT molecular complexity index is 985. The van der Waals surface area contributed by atoms with E-state index >= 15 is 0 Å². The predicted octanol–water partition coefficient (Wildman–Crippen LogP) is 1.43. The van der Waals surface area contributed by atoms with Crippen LogP contribution < -0.4 is 14.7 Å². The van der Waals surface area contributed by atoms with E-state index in [1.165, 1.54) is 33.3 Å². The molecule has 1 atom stereocenters. The maximum absolute atomic E-state index is 14.5. The molecule has 166 valence electrons. The Hall–Kier alpha value is -2.71. The fourth-order valence-corrected chi connectivity index (χ4v) is 4.44. The number of nitrogens with zero attached hydrogens (tertiary/aromatic N) is 1. The molecule has 8 heteroatoms. The Morgan fingerprint density at radius 2 is 2.03 bits per heavy atom. The van der Waals surface area contributed by atoms with E-state index < -0.39 is 29.3 Å². The van der Waals surface area contributed by atoms with Crippen LogP contribution in [-0.2, 0) is 9.59 Å².